The van der Waals surface area contributed by atoms with Crippen molar-refractivity contribution in [3.63, 3.8) is 0 Å². The van der Waals surface area contributed by atoms with Crippen LogP contribution in [0.25, 0.3) is 0 Å². The summed E-state index contributed by atoms with van der Waals surface area (Å²) in [6, 6.07) is 8.63. The Labute approximate surface area is 101 Å². The van der Waals surface area contributed by atoms with Crippen molar-refractivity contribution in [3.05, 3.63) is 29.8 Å². The lowest BCUT2D eigenvalue weighted by atomic mass is 10.2. The van der Waals surface area contributed by atoms with Crippen LogP contribution >= 0.6 is 0 Å². The summed E-state index contributed by atoms with van der Waals surface area (Å²) in [7, 11) is -1.25. The summed E-state index contributed by atoms with van der Waals surface area (Å²) in [6.07, 6.45) is 3.46. The first-order chi connectivity index (χ1) is 7.55. The van der Waals surface area contributed by atoms with Crippen LogP contribution in [-0.4, -0.2) is 8.07 Å². The number of hydrogen-bond acceptors (Lipinski definition) is 0. The minimum Gasteiger partial charge on any atom is -0.0979 e. The van der Waals surface area contributed by atoms with Crippen LogP contribution in [0.4, 0.5) is 0 Å². The number of benzene rings is 1. The summed E-state index contributed by atoms with van der Waals surface area (Å²) in [4.78, 5) is 0. The van der Waals surface area contributed by atoms with E-state index in [0.29, 0.717) is 0 Å². The Morgan fingerprint density at radius 3 is 2.44 bits per heavy atom. The highest BCUT2D eigenvalue weighted by Crippen LogP contribution is 2.06. The van der Waals surface area contributed by atoms with Gasteiger partial charge in [0.05, 0.1) is 8.07 Å². The fourth-order valence-corrected chi connectivity index (χ4v) is 3.22. The van der Waals surface area contributed by atoms with E-state index in [1.807, 2.05) is 0 Å². The van der Waals surface area contributed by atoms with Crippen molar-refractivity contribution in [1.29, 1.82) is 0 Å². The maximum absolute atomic E-state index is 3.34. The standard InChI is InChI=1S/C15H22Si/c1-5-6-7-8-11-14-12-9-10-13-15(14)16(2,3)4/h9-10,12-13H,5-7H2,1-4H3. The van der Waals surface area contributed by atoms with Gasteiger partial charge in [0.2, 0.25) is 0 Å². The van der Waals surface area contributed by atoms with Crippen LogP contribution in [0.2, 0.25) is 19.6 Å². The third kappa shape index (κ3) is 3.87. The average Bonchev–Trinajstić information content (AvgIpc) is 2.24. The summed E-state index contributed by atoms with van der Waals surface area (Å²) in [5, 5.41) is 1.49. The van der Waals surface area contributed by atoms with Gasteiger partial charge in [-0.3, -0.25) is 0 Å². The van der Waals surface area contributed by atoms with Gasteiger partial charge in [0.15, 0.2) is 0 Å². The highest BCUT2D eigenvalue weighted by atomic mass is 28.3. The van der Waals surface area contributed by atoms with Gasteiger partial charge in [0.1, 0.15) is 0 Å². The van der Waals surface area contributed by atoms with E-state index in [2.05, 4.69) is 62.7 Å². The van der Waals surface area contributed by atoms with E-state index in [0.717, 1.165) is 6.42 Å². The van der Waals surface area contributed by atoms with E-state index in [9.17, 15) is 0 Å². The largest absolute Gasteiger partial charge is 0.0979 e. The molecular weight excluding hydrogens is 208 g/mol. The normalized spacial score (nSPS) is 10.8. The molecule has 0 nitrogen and oxygen atoms in total. The second kappa shape index (κ2) is 5.91. The summed E-state index contributed by atoms with van der Waals surface area (Å²) in [5.41, 5.74) is 1.25. The first kappa shape index (κ1) is 13.1. The summed E-state index contributed by atoms with van der Waals surface area (Å²) in [6.45, 7) is 9.33. The summed E-state index contributed by atoms with van der Waals surface area (Å²) in [5.74, 6) is 6.63. The van der Waals surface area contributed by atoms with E-state index < -0.39 is 8.07 Å². The molecule has 0 amide bonds. The van der Waals surface area contributed by atoms with Crippen molar-refractivity contribution in [2.24, 2.45) is 0 Å². The Hall–Kier alpha value is -1.00. The average molecular weight is 230 g/mol. The van der Waals surface area contributed by atoms with Crippen LogP contribution in [0.15, 0.2) is 24.3 Å². The lowest BCUT2D eigenvalue weighted by Gasteiger charge is -2.18. The number of hydrogen-bond donors (Lipinski definition) is 0. The number of rotatable bonds is 3. The molecule has 1 aromatic rings. The van der Waals surface area contributed by atoms with E-state index in [-0.39, 0.29) is 0 Å². The molecule has 16 heavy (non-hydrogen) atoms. The van der Waals surface area contributed by atoms with Gasteiger partial charge in [-0.15, -0.1) is 0 Å². The molecule has 1 heteroatoms. The quantitative estimate of drug-likeness (QED) is 0.421. The molecule has 0 aliphatic carbocycles. The van der Waals surface area contributed by atoms with E-state index in [4.69, 9.17) is 0 Å². The zero-order valence-corrected chi connectivity index (χ0v) is 11.9. The Morgan fingerprint density at radius 1 is 1.12 bits per heavy atom. The molecule has 1 rings (SSSR count). The van der Waals surface area contributed by atoms with Crippen LogP contribution in [0, 0.1) is 11.8 Å². The lowest BCUT2D eigenvalue weighted by Crippen LogP contribution is -2.39. The molecule has 0 saturated heterocycles. The second-order valence-corrected chi connectivity index (χ2v) is 10.2. The zero-order valence-electron chi connectivity index (χ0n) is 10.9. The van der Waals surface area contributed by atoms with Gasteiger partial charge >= 0.3 is 0 Å². The van der Waals surface area contributed by atoms with Gasteiger partial charge in [-0.2, -0.15) is 0 Å². The molecule has 0 saturated carbocycles. The third-order valence-electron chi connectivity index (χ3n) is 2.61. The molecule has 86 valence electrons. The molecule has 0 radical (unpaired) electrons. The summed E-state index contributed by atoms with van der Waals surface area (Å²) >= 11 is 0. The van der Waals surface area contributed by atoms with Crippen molar-refractivity contribution in [3.8, 4) is 11.8 Å². The molecule has 0 unspecified atom stereocenters. The zero-order chi connectivity index (χ0) is 12.0. The fourth-order valence-electron chi connectivity index (χ4n) is 1.67. The van der Waals surface area contributed by atoms with Crippen molar-refractivity contribution in [2.45, 2.75) is 45.8 Å². The van der Waals surface area contributed by atoms with Crippen molar-refractivity contribution in [2.75, 3.05) is 0 Å². The molecular formula is C15H22Si. The molecule has 0 aliphatic rings. The molecule has 0 atom stereocenters. The fraction of sp³-hybridized carbons (Fsp3) is 0.467. The third-order valence-corrected chi connectivity index (χ3v) is 4.67. The Morgan fingerprint density at radius 2 is 1.81 bits per heavy atom. The van der Waals surface area contributed by atoms with Crippen molar-refractivity contribution < 1.29 is 0 Å². The molecule has 0 heterocycles. The molecule has 0 bridgehead atoms. The van der Waals surface area contributed by atoms with E-state index >= 15 is 0 Å². The van der Waals surface area contributed by atoms with Gasteiger partial charge < -0.3 is 0 Å². The molecule has 0 aliphatic heterocycles. The van der Waals surface area contributed by atoms with Gasteiger partial charge in [-0.1, -0.05) is 63.0 Å². The highest BCUT2D eigenvalue weighted by molar-refractivity contribution is 6.89. The predicted octanol–water partition coefficient (Wildman–Crippen LogP) is 3.77. The topological polar surface area (TPSA) is 0 Å². The van der Waals surface area contributed by atoms with Gasteiger partial charge in [-0.05, 0) is 17.7 Å². The second-order valence-electron chi connectivity index (χ2n) is 5.20. The Bertz CT molecular complexity index is 388. The minimum atomic E-state index is -1.25. The first-order valence-corrected chi connectivity index (χ1v) is 9.64. The van der Waals surface area contributed by atoms with Gasteiger partial charge in [0, 0.05) is 12.0 Å². The maximum atomic E-state index is 3.34. The van der Waals surface area contributed by atoms with Crippen LogP contribution in [-0.2, 0) is 0 Å². The van der Waals surface area contributed by atoms with Crippen LogP contribution < -0.4 is 5.19 Å². The van der Waals surface area contributed by atoms with E-state index in [1.54, 1.807) is 0 Å². The van der Waals surface area contributed by atoms with Crippen LogP contribution in [0.5, 0.6) is 0 Å². The summed E-state index contributed by atoms with van der Waals surface area (Å²) < 4.78 is 0. The van der Waals surface area contributed by atoms with Crippen molar-refractivity contribution >= 4 is 13.3 Å². The smallest absolute Gasteiger partial charge is 0.0792 e. The van der Waals surface area contributed by atoms with Gasteiger partial charge in [-0.25, -0.2) is 0 Å². The monoisotopic (exact) mass is 230 g/mol. The Kier molecular flexibility index (Phi) is 4.83. The molecule has 0 aromatic heterocycles. The minimum absolute atomic E-state index is 1.02. The Balaban J connectivity index is 2.90. The predicted molar refractivity (Wildman–Crippen MR) is 75.8 cm³/mol. The van der Waals surface area contributed by atoms with E-state index in [1.165, 1.54) is 23.6 Å². The molecule has 0 N–H and O–H groups in total. The van der Waals surface area contributed by atoms with Crippen LogP contribution in [0.3, 0.4) is 0 Å². The van der Waals surface area contributed by atoms with Crippen molar-refractivity contribution in [1.82, 2.24) is 0 Å². The SMILES string of the molecule is CCCCC#Cc1ccccc1[Si](C)(C)C. The number of unbranched alkanes of at least 4 members (excludes halogenated alkanes) is 2. The van der Waals surface area contributed by atoms with Gasteiger partial charge in [0.25, 0.3) is 0 Å². The maximum Gasteiger partial charge on any atom is 0.0792 e. The molecule has 0 spiro atoms. The highest BCUT2D eigenvalue weighted by Gasteiger charge is 2.18. The van der Waals surface area contributed by atoms with Crippen LogP contribution in [0.1, 0.15) is 31.7 Å². The first-order valence-electron chi connectivity index (χ1n) is 6.14. The molecule has 0 fully saturated rings. The molecule has 1 aromatic carbocycles. The lowest BCUT2D eigenvalue weighted by molar-refractivity contribution is 0.828.